The molecule has 0 unspecified atom stereocenters. The molecule has 0 amide bonds. The van der Waals surface area contributed by atoms with Gasteiger partial charge in [0.2, 0.25) is 0 Å². The molecule has 56 heavy (non-hydrogen) atoms. The van der Waals surface area contributed by atoms with Gasteiger partial charge in [-0.2, -0.15) is 0 Å². The quantitative estimate of drug-likeness (QED) is 0.182. The molecule has 12 aromatic rings. The number of aromatic nitrogens is 4. The second kappa shape index (κ2) is 11.9. The SMILES string of the molecule is c1ccc(-c2nc(-c3cccc4ccccc34)nc(-c3c(-n4c5ccccc5c5cc6ccccc6cc54)ccc4oc5c6ccccc6ccc5c34)n2)cc1. The highest BCUT2D eigenvalue weighted by molar-refractivity contribution is 6.21. The molecule has 0 spiro atoms. The van der Waals surface area contributed by atoms with E-state index in [9.17, 15) is 0 Å². The fourth-order valence-electron chi connectivity index (χ4n) is 8.66. The van der Waals surface area contributed by atoms with Crippen LogP contribution < -0.4 is 0 Å². The first-order chi connectivity index (χ1) is 27.8. The third-order valence-corrected chi connectivity index (χ3v) is 11.2. The van der Waals surface area contributed by atoms with Gasteiger partial charge < -0.3 is 8.98 Å². The van der Waals surface area contributed by atoms with E-state index in [4.69, 9.17) is 19.4 Å². The summed E-state index contributed by atoms with van der Waals surface area (Å²) in [6, 6.07) is 63.8. The number of furan rings is 1. The Hall–Kier alpha value is -7.63. The number of fused-ring (bicyclic) bond motifs is 10. The molecule has 9 aromatic carbocycles. The molecular formula is C51H30N4O. The molecule has 3 aromatic heterocycles. The Morgan fingerprint density at radius 1 is 0.393 bits per heavy atom. The van der Waals surface area contributed by atoms with Gasteiger partial charge in [0, 0.05) is 38.1 Å². The van der Waals surface area contributed by atoms with E-state index in [1.165, 1.54) is 21.5 Å². The molecule has 0 fully saturated rings. The van der Waals surface area contributed by atoms with Crippen molar-refractivity contribution in [3.05, 3.63) is 182 Å². The third-order valence-electron chi connectivity index (χ3n) is 11.2. The minimum atomic E-state index is 0.574. The van der Waals surface area contributed by atoms with E-state index in [0.29, 0.717) is 17.5 Å². The molecule has 260 valence electrons. The minimum absolute atomic E-state index is 0.574. The summed E-state index contributed by atoms with van der Waals surface area (Å²) in [5.41, 5.74) is 7.53. The summed E-state index contributed by atoms with van der Waals surface area (Å²) in [5.74, 6) is 1.79. The Balaban J connectivity index is 1.26. The summed E-state index contributed by atoms with van der Waals surface area (Å²) in [6.45, 7) is 0. The zero-order valence-electron chi connectivity index (χ0n) is 30.0. The predicted molar refractivity (Wildman–Crippen MR) is 230 cm³/mol. The van der Waals surface area contributed by atoms with E-state index in [0.717, 1.165) is 76.9 Å². The Labute approximate surface area is 320 Å². The van der Waals surface area contributed by atoms with Crippen LogP contribution in [0, 0.1) is 0 Å². The van der Waals surface area contributed by atoms with E-state index < -0.39 is 0 Å². The lowest BCUT2D eigenvalue weighted by Gasteiger charge is -2.16. The minimum Gasteiger partial charge on any atom is -0.455 e. The molecular weight excluding hydrogens is 685 g/mol. The van der Waals surface area contributed by atoms with Crippen LogP contribution >= 0.6 is 0 Å². The second-order valence-corrected chi connectivity index (χ2v) is 14.4. The summed E-state index contributed by atoms with van der Waals surface area (Å²) in [7, 11) is 0. The van der Waals surface area contributed by atoms with E-state index in [-0.39, 0.29) is 0 Å². The predicted octanol–water partition coefficient (Wildman–Crippen LogP) is 13.3. The molecule has 0 saturated carbocycles. The van der Waals surface area contributed by atoms with Gasteiger partial charge in [-0.25, -0.2) is 15.0 Å². The number of benzene rings is 9. The largest absolute Gasteiger partial charge is 0.455 e. The molecule has 0 aliphatic carbocycles. The molecule has 0 bridgehead atoms. The van der Waals surface area contributed by atoms with Crippen LogP contribution in [0.15, 0.2) is 186 Å². The Morgan fingerprint density at radius 2 is 1.04 bits per heavy atom. The number of hydrogen-bond donors (Lipinski definition) is 0. The van der Waals surface area contributed by atoms with Crippen LogP contribution in [0.25, 0.3) is 116 Å². The molecule has 0 saturated heterocycles. The van der Waals surface area contributed by atoms with Crippen LogP contribution in [0.4, 0.5) is 0 Å². The van der Waals surface area contributed by atoms with Crippen molar-refractivity contribution in [1.82, 2.24) is 19.5 Å². The number of hydrogen-bond acceptors (Lipinski definition) is 4. The summed E-state index contributed by atoms with van der Waals surface area (Å²) in [4.78, 5) is 16.0. The van der Waals surface area contributed by atoms with E-state index >= 15 is 0 Å². The normalized spacial score (nSPS) is 11.9. The maximum Gasteiger partial charge on any atom is 0.166 e. The Kier molecular flexibility index (Phi) is 6.56. The monoisotopic (exact) mass is 714 g/mol. The fourth-order valence-corrected chi connectivity index (χ4v) is 8.66. The summed E-state index contributed by atoms with van der Waals surface area (Å²) >= 11 is 0. The van der Waals surface area contributed by atoms with E-state index in [1.807, 2.05) is 18.2 Å². The molecule has 5 nitrogen and oxygen atoms in total. The van der Waals surface area contributed by atoms with Gasteiger partial charge in [0.05, 0.1) is 22.3 Å². The van der Waals surface area contributed by atoms with Gasteiger partial charge in [-0.05, 0) is 63.3 Å². The van der Waals surface area contributed by atoms with Gasteiger partial charge in [0.15, 0.2) is 17.5 Å². The number of para-hydroxylation sites is 1. The van der Waals surface area contributed by atoms with Crippen LogP contribution in [0.1, 0.15) is 0 Å². The van der Waals surface area contributed by atoms with Crippen LogP contribution in [-0.2, 0) is 0 Å². The zero-order chi connectivity index (χ0) is 36.7. The first kappa shape index (κ1) is 30.8. The zero-order valence-corrected chi connectivity index (χ0v) is 30.0. The maximum absolute atomic E-state index is 6.84. The lowest BCUT2D eigenvalue weighted by atomic mass is 10.00. The van der Waals surface area contributed by atoms with Crippen molar-refractivity contribution in [1.29, 1.82) is 0 Å². The van der Waals surface area contributed by atoms with Crippen LogP contribution in [0.2, 0.25) is 0 Å². The average Bonchev–Trinajstić information content (AvgIpc) is 3.81. The lowest BCUT2D eigenvalue weighted by Crippen LogP contribution is -2.04. The smallest absolute Gasteiger partial charge is 0.166 e. The highest BCUT2D eigenvalue weighted by atomic mass is 16.3. The number of rotatable bonds is 4. The standard InChI is InChI=1S/C51H30N4O/c1-2-15-33(16-3-1)49-52-50(39-23-12-19-31-13-6-8-20-36(31)39)54-51(53-49)47-43(27-28-45-46(47)40-26-25-32-14-7-9-21-37(32)48(40)56-45)55-42-24-11-10-22-38(42)41-29-34-17-4-5-18-35(34)30-44(41)55/h1-30H. The van der Waals surface area contributed by atoms with Crippen LogP contribution in [0.3, 0.4) is 0 Å². The van der Waals surface area contributed by atoms with Crippen molar-refractivity contribution in [3.8, 4) is 39.9 Å². The van der Waals surface area contributed by atoms with Gasteiger partial charge in [0.25, 0.3) is 0 Å². The molecule has 12 rings (SSSR count). The van der Waals surface area contributed by atoms with E-state index in [1.54, 1.807) is 0 Å². The molecule has 0 aliphatic rings. The van der Waals surface area contributed by atoms with Gasteiger partial charge in [-0.3, -0.25) is 0 Å². The topological polar surface area (TPSA) is 56.7 Å². The van der Waals surface area contributed by atoms with Gasteiger partial charge in [-0.1, -0.05) is 146 Å². The van der Waals surface area contributed by atoms with Crippen molar-refractivity contribution in [2.45, 2.75) is 0 Å². The van der Waals surface area contributed by atoms with Crippen molar-refractivity contribution in [3.63, 3.8) is 0 Å². The molecule has 0 aliphatic heterocycles. The molecule has 5 heteroatoms. The Morgan fingerprint density at radius 3 is 1.88 bits per heavy atom. The summed E-state index contributed by atoms with van der Waals surface area (Å²) < 4.78 is 9.22. The van der Waals surface area contributed by atoms with Crippen molar-refractivity contribution in [2.24, 2.45) is 0 Å². The van der Waals surface area contributed by atoms with Gasteiger partial charge in [-0.15, -0.1) is 0 Å². The highest BCUT2D eigenvalue weighted by Crippen LogP contribution is 2.45. The van der Waals surface area contributed by atoms with Gasteiger partial charge in [0.1, 0.15) is 11.2 Å². The molecule has 0 atom stereocenters. The Bertz CT molecular complexity index is 3540. The van der Waals surface area contributed by atoms with Crippen molar-refractivity contribution < 1.29 is 4.42 Å². The van der Waals surface area contributed by atoms with E-state index in [2.05, 4.69) is 168 Å². The molecule has 0 N–H and O–H groups in total. The maximum atomic E-state index is 6.84. The molecule has 3 heterocycles. The highest BCUT2D eigenvalue weighted by Gasteiger charge is 2.25. The summed E-state index contributed by atoms with van der Waals surface area (Å²) in [6.07, 6.45) is 0. The first-order valence-electron chi connectivity index (χ1n) is 18.9. The van der Waals surface area contributed by atoms with Crippen LogP contribution in [0.5, 0.6) is 0 Å². The summed E-state index contributed by atoms with van der Waals surface area (Å²) in [5, 5.41) is 11.1. The average molecular weight is 715 g/mol. The van der Waals surface area contributed by atoms with Crippen LogP contribution in [-0.4, -0.2) is 19.5 Å². The fraction of sp³-hybridized carbons (Fsp3) is 0. The van der Waals surface area contributed by atoms with Crippen molar-refractivity contribution >= 4 is 76.1 Å². The second-order valence-electron chi connectivity index (χ2n) is 14.4. The molecule has 0 radical (unpaired) electrons. The number of nitrogens with zero attached hydrogens (tertiary/aromatic N) is 4. The van der Waals surface area contributed by atoms with Gasteiger partial charge >= 0.3 is 0 Å². The third kappa shape index (κ3) is 4.58. The lowest BCUT2D eigenvalue weighted by molar-refractivity contribution is 0.672. The first-order valence-corrected chi connectivity index (χ1v) is 18.9. The van der Waals surface area contributed by atoms with Crippen molar-refractivity contribution in [2.75, 3.05) is 0 Å².